The van der Waals surface area contributed by atoms with E-state index in [1.54, 1.807) is 0 Å². The van der Waals surface area contributed by atoms with Crippen LogP contribution >= 0.6 is 0 Å². The molecule has 3 unspecified atom stereocenters. The molecular weight excluding hydrogens is 424 g/mol. The summed E-state index contributed by atoms with van der Waals surface area (Å²) in [4.78, 5) is 0. The molecule has 2 saturated carbocycles. The lowest BCUT2D eigenvalue weighted by atomic mass is 9.48. The highest BCUT2D eigenvalue weighted by molar-refractivity contribution is 6.76. The molecule has 1 N–H and O–H groups in total. The Kier molecular flexibility index (Phi) is 5.57. The van der Waals surface area contributed by atoms with Crippen molar-refractivity contribution in [3.8, 4) is 0 Å². The molecule has 1 saturated heterocycles. The van der Waals surface area contributed by atoms with Gasteiger partial charge in [-0.2, -0.15) is 0 Å². The van der Waals surface area contributed by atoms with Gasteiger partial charge >= 0.3 is 0 Å². The Labute approximate surface area is 202 Å². The van der Waals surface area contributed by atoms with Crippen molar-refractivity contribution < 1.29 is 14.6 Å². The number of aryl methyl sites for hydroxylation is 2. The minimum Gasteiger partial charge on any atom is -0.390 e. The topological polar surface area (TPSA) is 38.7 Å². The van der Waals surface area contributed by atoms with Crippen molar-refractivity contribution in [2.45, 2.75) is 109 Å². The fourth-order valence-corrected chi connectivity index (χ4v) is 10.9. The van der Waals surface area contributed by atoms with Crippen LogP contribution in [0.25, 0.3) is 0 Å². The van der Waals surface area contributed by atoms with Gasteiger partial charge < -0.3 is 14.6 Å². The number of hydrogen-bond donors (Lipinski definition) is 1. The van der Waals surface area contributed by atoms with Crippen molar-refractivity contribution in [3.63, 3.8) is 0 Å². The third-order valence-corrected chi connectivity index (χ3v) is 11.3. The lowest BCUT2D eigenvalue weighted by molar-refractivity contribution is -0.357. The molecule has 184 valence electrons. The Balaban J connectivity index is 1.63. The second-order valence-electron chi connectivity index (χ2n) is 14.0. The van der Waals surface area contributed by atoms with Crippen molar-refractivity contribution in [2.75, 3.05) is 13.2 Å². The maximum absolute atomic E-state index is 12.8. The molecule has 1 spiro atoms. The van der Waals surface area contributed by atoms with Gasteiger partial charge in [0, 0.05) is 31.2 Å². The van der Waals surface area contributed by atoms with Gasteiger partial charge in [-0.25, -0.2) is 0 Å². The Morgan fingerprint density at radius 1 is 1.09 bits per heavy atom. The molecule has 0 amide bonds. The first-order chi connectivity index (χ1) is 15.3. The van der Waals surface area contributed by atoms with Gasteiger partial charge in [0.15, 0.2) is 5.79 Å². The molecule has 4 aliphatic rings. The summed E-state index contributed by atoms with van der Waals surface area (Å²) in [5.41, 5.74) is 3.53. The molecule has 1 aliphatic heterocycles. The van der Waals surface area contributed by atoms with E-state index in [1.807, 2.05) is 0 Å². The van der Waals surface area contributed by atoms with Gasteiger partial charge in [-0.3, -0.25) is 0 Å². The third-order valence-electron chi connectivity index (χ3n) is 9.64. The van der Waals surface area contributed by atoms with E-state index in [9.17, 15) is 5.11 Å². The largest absolute Gasteiger partial charge is 0.390 e. The van der Waals surface area contributed by atoms with Crippen LogP contribution in [0.1, 0.15) is 75.5 Å². The molecule has 3 aliphatic carbocycles. The van der Waals surface area contributed by atoms with Gasteiger partial charge in [0.2, 0.25) is 0 Å². The van der Waals surface area contributed by atoms with Crippen LogP contribution in [-0.4, -0.2) is 37.8 Å². The minimum atomic E-state index is -1.53. The van der Waals surface area contributed by atoms with E-state index >= 15 is 0 Å². The summed E-state index contributed by atoms with van der Waals surface area (Å²) in [5, 5.41) is 12.8. The number of hydrogen-bond acceptors (Lipinski definition) is 3. The van der Waals surface area contributed by atoms with Gasteiger partial charge in [-0.15, -0.1) is 0 Å². The van der Waals surface area contributed by atoms with E-state index in [1.165, 1.54) is 29.5 Å². The summed E-state index contributed by atoms with van der Waals surface area (Å²) < 4.78 is 13.5. The average Bonchev–Trinajstić information content (AvgIpc) is 3.02. The average molecular weight is 471 g/mol. The lowest BCUT2D eigenvalue weighted by Crippen LogP contribution is -2.65. The highest BCUT2D eigenvalue weighted by atomic mass is 28.3. The van der Waals surface area contributed by atoms with Gasteiger partial charge in [0.25, 0.3) is 0 Å². The molecule has 4 heteroatoms. The highest BCUT2D eigenvalue weighted by Crippen LogP contribution is 2.70. The molecule has 33 heavy (non-hydrogen) atoms. The Morgan fingerprint density at radius 2 is 1.79 bits per heavy atom. The van der Waals surface area contributed by atoms with Crippen LogP contribution in [0.3, 0.4) is 0 Å². The van der Waals surface area contributed by atoms with Crippen LogP contribution < -0.4 is 0 Å². The molecular formula is C29H46O3Si. The fraction of sp³-hybridized carbons (Fsp3) is 0.793. The first-order valence-corrected chi connectivity index (χ1v) is 17.1. The molecule has 1 aromatic carbocycles. The maximum atomic E-state index is 12.8. The number of benzene rings is 1. The monoisotopic (exact) mass is 470 g/mol. The summed E-state index contributed by atoms with van der Waals surface area (Å²) in [6.07, 6.45) is 6.31. The van der Waals surface area contributed by atoms with Crippen LogP contribution in [0.15, 0.2) is 18.2 Å². The molecule has 3 fully saturated rings. The first-order valence-electron chi connectivity index (χ1n) is 13.4. The quantitative estimate of drug-likeness (QED) is 0.500. The second-order valence-corrected chi connectivity index (χ2v) is 19.5. The van der Waals surface area contributed by atoms with Crippen LogP contribution in [-0.2, 0) is 15.9 Å². The summed E-state index contributed by atoms with van der Waals surface area (Å²) in [5.74, 6) is 0.795. The van der Waals surface area contributed by atoms with Gasteiger partial charge in [-0.05, 0) is 68.0 Å². The molecule has 3 nitrogen and oxygen atoms in total. The molecule has 0 bridgehead atoms. The fourth-order valence-electron chi connectivity index (χ4n) is 8.68. The number of aliphatic hydroxyl groups is 1. The Hall–Kier alpha value is -0.683. The van der Waals surface area contributed by atoms with E-state index in [4.69, 9.17) is 9.47 Å². The summed E-state index contributed by atoms with van der Waals surface area (Å²) in [7, 11) is -1.53. The van der Waals surface area contributed by atoms with Crippen molar-refractivity contribution >= 4 is 8.07 Å². The SMILES string of the molecule is CC[C@]12C[C@@](O)(C[Si](C)(C)C)C3c4ccc(C)cc4CCC3C1CCC21OCC(C)(C)CO1. The van der Waals surface area contributed by atoms with Gasteiger partial charge in [-0.1, -0.05) is 64.2 Å². The summed E-state index contributed by atoms with van der Waals surface area (Å²) in [6, 6.07) is 7.96. The van der Waals surface area contributed by atoms with E-state index in [0.29, 0.717) is 11.8 Å². The molecule has 1 aromatic rings. The zero-order valence-corrected chi connectivity index (χ0v) is 23.1. The van der Waals surface area contributed by atoms with Crippen molar-refractivity contribution in [2.24, 2.45) is 22.7 Å². The Bertz CT molecular complexity index is 908. The van der Waals surface area contributed by atoms with Crippen LogP contribution in [0.4, 0.5) is 0 Å². The number of ether oxygens (including phenoxy) is 2. The lowest BCUT2D eigenvalue weighted by Gasteiger charge is -2.62. The van der Waals surface area contributed by atoms with E-state index < -0.39 is 19.5 Å². The van der Waals surface area contributed by atoms with Crippen LogP contribution in [0.5, 0.6) is 0 Å². The molecule has 0 aromatic heterocycles. The molecule has 0 radical (unpaired) electrons. The van der Waals surface area contributed by atoms with E-state index in [2.05, 4.69) is 65.5 Å². The zero-order chi connectivity index (χ0) is 23.9. The van der Waals surface area contributed by atoms with Crippen molar-refractivity contribution in [1.29, 1.82) is 0 Å². The normalized spacial score (nSPS) is 39.1. The van der Waals surface area contributed by atoms with Gasteiger partial charge in [0.1, 0.15) is 0 Å². The first kappa shape index (κ1) is 24.0. The molecule has 5 atom stereocenters. The minimum absolute atomic E-state index is 0.0612. The van der Waals surface area contributed by atoms with E-state index in [-0.39, 0.29) is 16.7 Å². The van der Waals surface area contributed by atoms with Crippen LogP contribution in [0, 0.1) is 29.6 Å². The molecule has 5 rings (SSSR count). The smallest absolute Gasteiger partial charge is 0.174 e. The van der Waals surface area contributed by atoms with Crippen molar-refractivity contribution in [1.82, 2.24) is 0 Å². The maximum Gasteiger partial charge on any atom is 0.174 e. The Morgan fingerprint density at radius 3 is 2.42 bits per heavy atom. The summed E-state index contributed by atoms with van der Waals surface area (Å²) >= 11 is 0. The summed E-state index contributed by atoms with van der Waals surface area (Å²) in [6.45, 7) is 17.8. The highest BCUT2D eigenvalue weighted by Gasteiger charge is 2.71. The predicted octanol–water partition coefficient (Wildman–Crippen LogP) is 6.69. The van der Waals surface area contributed by atoms with Gasteiger partial charge in [0.05, 0.1) is 18.8 Å². The van der Waals surface area contributed by atoms with E-state index in [0.717, 1.165) is 44.9 Å². The molecule has 1 heterocycles. The predicted molar refractivity (Wildman–Crippen MR) is 137 cm³/mol. The number of fused-ring (bicyclic) bond motifs is 6. The number of rotatable bonds is 3. The zero-order valence-electron chi connectivity index (χ0n) is 22.1. The van der Waals surface area contributed by atoms with Crippen LogP contribution in [0.2, 0.25) is 25.7 Å². The standard InChI is InChI=1S/C29H46O3Si/c1-8-27-16-28(30,19-33(5,6)7)25-22-11-9-20(2)15-21(22)10-12-23(25)24(27)13-14-29(27)31-17-26(3,4)18-32-29/h9,11,15,23-25,30H,8,10,12-14,16-19H2,1-7H3/t23?,24?,25?,27-,28+/m0/s1. The van der Waals surface area contributed by atoms with Crippen molar-refractivity contribution in [3.05, 3.63) is 34.9 Å². The second kappa shape index (κ2) is 7.66. The third kappa shape index (κ3) is 3.70.